The molecule has 2 heteroatoms. The first-order chi connectivity index (χ1) is 12.4. The third-order valence-corrected chi connectivity index (χ3v) is 5.41. The Hall–Kier alpha value is -1.96. The lowest BCUT2D eigenvalue weighted by Gasteiger charge is -2.31. The van der Waals surface area contributed by atoms with E-state index in [0.29, 0.717) is 5.56 Å². The van der Waals surface area contributed by atoms with Crippen molar-refractivity contribution in [2.24, 2.45) is 5.92 Å². The molecule has 142 valence electrons. The van der Waals surface area contributed by atoms with Crippen molar-refractivity contribution in [3.8, 4) is 11.5 Å². The Morgan fingerprint density at radius 3 is 2.50 bits per heavy atom. The van der Waals surface area contributed by atoms with Crippen LogP contribution in [0.5, 0.6) is 11.5 Å². The summed E-state index contributed by atoms with van der Waals surface area (Å²) in [6, 6.07) is 3.54. The van der Waals surface area contributed by atoms with Crippen LogP contribution in [-0.2, 0) is 0 Å². The lowest BCUT2D eigenvalue weighted by Crippen LogP contribution is -2.17. The maximum absolute atomic E-state index is 10.6. The first kappa shape index (κ1) is 20.4. The number of aromatic hydroxyl groups is 2. The van der Waals surface area contributed by atoms with Crippen LogP contribution in [0.1, 0.15) is 82.8 Å². The standard InChI is InChI=1S/C24H34O2/c1-5-6-7-8-9-10-11-19-15-22(25)24(23(26)16-19)21-14-18(4)12-13-20(21)17(2)3/h10-11,14-16,20-21,25-26H,2,5-9,12-13H2,1,3-4H3/b11-10+/t20-,21+/m0/s1. The second kappa shape index (κ2) is 9.66. The molecule has 1 aliphatic carbocycles. The van der Waals surface area contributed by atoms with Crippen LogP contribution in [0.3, 0.4) is 0 Å². The van der Waals surface area contributed by atoms with Gasteiger partial charge in [0, 0.05) is 11.5 Å². The van der Waals surface area contributed by atoms with Gasteiger partial charge >= 0.3 is 0 Å². The minimum absolute atomic E-state index is 0.00618. The van der Waals surface area contributed by atoms with E-state index in [2.05, 4.69) is 32.6 Å². The van der Waals surface area contributed by atoms with Gasteiger partial charge in [-0.25, -0.2) is 0 Å². The molecular formula is C24H34O2. The van der Waals surface area contributed by atoms with Crippen molar-refractivity contribution in [2.75, 3.05) is 0 Å². The van der Waals surface area contributed by atoms with E-state index < -0.39 is 0 Å². The van der Waals surface area contributed by atoms with Gasteiger partial charge in [0.2, 0.25) is 0 Å². The quantitative estimate of drug-likeness (QED) is 0.386. The highest BCUT2D eigenvalue weighted by atomic mass is 16.3. The smallest absolute Gasteiger partial charge is 0.123 e. The van der Waals surface area contributed by atoms with Crippen molar-refractivity contribution in [1.29, 1.82) is 0 Å². The average molecular weight is 355 g/mol. The maximum atomic E-state index is 10.6. The Morgan fingerprint density at radius 1 is 1.19 bits per heavy atom. The normalized spacial score (nSPS) is 20.3. The van der Waals surface area contributed by atoms with Crippen molar-refractivity contribution in [3.05, 3.63) is 53.1 Å². The molecule has 0 saturated carbocycles. The SMILES string of the molecule is C=C(C)[C@@H]1CCC(C)=C[C@H]1c1c(O)cc(/C=C/CCCCCC)cc1O. The predicted octanol–water partition coefficient (Wildman–Crippen LogP) is 7.10. The van der Waals surface area contributed by atoms with Crippen molar-refractivity contribution in [1.82, 2.24) is 0 Å². The number of benzene rings is 1. The monoisotopic (exact) mass is 354 g/mol. The van der Waals surface area contributed by atoms with E-state index in [0.717, 1.165) is 30.4 Å². The fourth-order valence-electron chi connectivity index (χ4n) is 3.90. The van der Waals surface area contributed by atoms with E-state index in [1.165, 1.54) is 31.3 Å². The van der Waals surface area contributed by atoms with E-state index in [1.807, 2.05) is 13.0 Å². The molecule has 0 aromatic heterocycles. The second-order valence-electron chi connectivity index (χ2n) is 7.75. The van der Waals surface area contributed by atoms with Gasteiger partial charge in [-0.05, 0) is 63.1 Å². The molecule has 1 aromatic carbocycles. The summed E-state index contributed by atoms with van der Waals surface area (Å²) in [5, 5.41) is 21.3. The van der Waals surface area contributed by atoms with Crippen molar-refractivity contribution >= 4 is 6.08 Å². The molecule has 0 unspecified atom stereocenters. The first-order valence-corrected chi connectivity index (χ1v) is 9.99. The Kier molecular flexibility index (Phi) is 7.56. The molecule has 2 N–H and O–H groups in total. The highest BCUT2D eigenvalue weighted by Crippen LogP contribution is 2.46. The molecule has 2 atom stereocenters. The number of hydrogen-bond acceptors (Lipinski definition) is 2. The van der Waals surface area contributed by atoms with Crippen molar-refractivity contribution < 1.29 is 10.2 Å². The molecule has 2 nitrogen and oxygen atoms in total. The largest absolute Gasteiger partial charge is 0.507 e. The molecule has 0 fully saturated rings. The zero-order valence-electron chi connectivity index (χ0n) is 16.6. The summed E-state index contributed by atoms with van der Waals surface area (Å²) in [6.45, 7) is 10.5. The Morgan fingerprint density at radius 2 is 1.88 bits per heavy atom. The molecule has 0 bridgehead atoms. The van der Waals surface area contributed by atoms with Gasteiger partial charge in [0.15, 0.2) is 0 Å². The van der Waals surface area contributed by atoms with Gasteiger partial charge in [0.1, 0.15) is 11.5 Å². The molecule has 0 saturated heterocycles. The minimum atomic E-state index is -0.00618. The summed E-state index contributed by atoms with van der Waals surface area (Å²) in [4.78, 5) is 0. The highest BCUT2D eigenvalue weighted by molar-refractivity contribution is 5.60. The summed E-state index contributed by atoms with van der Waals surface area (Å²) in [5.74, 6) is 0.611. The maximum Gasteiger partial charge on any atom is 0.123 e. The van der Waals surface area contributed by atoms with Gasteiger partial charge in [0.05, 0.1) is 0 Å². The summed E-state index contributed by atoms with van der Waals surface area (Å²) in [5.41, 5.74) is 3.90. The molecule has 2 rings (SSSR count). The zero-order valence-corrected chi connectivity index (χ0v) is 16.6. The molecule has 26 heavy (non-hydrogen) atoms. The molecule has 0 aliphatic heterocycles. The van der Waals surface area contributed by atoms with Crippen LogP contribution in [0.4, 0.5) is 0 Å². The topological polar surface area (TPSA) is 40.5 Å². The van der Waals surface area contributed by atoms with Gasteiger partial charge in [-0.2, -0.15) is 0 Å². The van der Waals surface area contributed by atoms with Crippen LogP contribution < -0.4 is 0 Å². The molecule has 0 heterocycles. The summed E-state index contributed by atoms with van der Waals surface area (Å²) in [7, 11) is 0. The zero-order chi connectivity index (χ0) is 19.1. The van der Waals surface area contributed by atoms with Gasteiger partial charge in [-0.3, -0.25) is 0 Å². The van der Waals surface area contributed by atoms with E-state index in [4.69, 9.17) is 0 Å². The lowest BCUT2D eigenvalue weighted by molar-refractivity contribution is 0.407. The van der Waals surface area contributed by atoms with E-state index >= 15 is 0 Å². The van der Waals surface area contributed by atoms with Gasteiger partial charge in [-0.1, -0.05) is 62.1 Å². The van der Waals surface area contributed by atoms with E-state index in [9.17, 15) is 10.2 Å². The summed E-state index contributed by atoms with van der Waals surface area (Å²) < 4.78 is 0. The Bertz CT molecular complexity index is 658. The van der Waals surface area contributed by atoms with E-state index in [1.54, 1.807) is 12.1 Å². The number of rotatable bonds is 8. The Labute approximate surface area is 159 Å². The third kappa shape index (κ3) is 5.27. The van der Waals surface area contributed by atoms with E-state index in [-0.39, 0.29) is 23.3 Å². The number of hydrogen-bond donors (Lipinski definition) is 2. The summed E-state index contributed by atoms with van der Waals surface area (Å²) >= 11 is 0. The predicted molar refractivity (Wildman–Crippen MR) is 112 cm³/mol. The fourth-order valence-corrected chi connectivity index (χ4v) is 3.90. The number of allylic oxidation sites excluding steroid dienone is 4. The van der Waals surface area contributed by atoms with Crippen LogP contribution >= 0.6 is 0 Å². The second-order valence-corrected chi connectivity index (χ2v) is 7.75. The molecule has 1 aliphatic rings. The number of phenols is 2. The molecule has 1 aromatic rings. The number of phenolic OH excluding ortho intramolecular Hbond substituents is 2. The van der Waals surface area contributed by atoms with Crippen LogP contribution in [-0.4, -0.2) is 10.2 Å². The fraction of sp³-hybridized carbons (Fsp3) is 0.500. The van der Waals surface area contributed by atoms with Crippen LogP contribution in [0.25, 0.3) is 6.08 Å². The molecule has 0 radical (unpaired) electrons. The third-order valence-electron chi connectivity index (χ3n) is 5.41. The van der Waals surface area contributed by atoms with Gasteiger partial charge in [-0.15, -0.1) is 0 Å². The molecular weight excluding hydrogens is 320 g/mol. The van der Waals surface area contributed by atoms with Gasteiger partial charge < -0.3 is 10.2 Å². The van der Waals surface area contributed by atoms with Gasteiger partial charge in [0.25, 0.3) is 0 Å². The first-order valence-electron chi connectivity index (χ1n) is 9.99. The summed E-state index contributed by atoms with van der Waals surface area (Å²) in [6.07, 6.45) is 14.4. The van der Waals surface area contributed by atoms with Crippen molar-refractivity contribution in [3.63, 3.8) is 0 Å². The minimum Gasteiger partial charge on any atom is -0.507 e. The van der Waals surface area contributed by atoms with Crippen molar-refractivity contribution in [2.45, 2.75) is 71.6 Å². The lowest BCUT2D eigenvalue weighted by atomic mass is 9.73. The molecule has 0 amide bonds. The average Bonchev–Trinajstić information content (AvgIpc) is 2.57. The Balaban J connectivity index is 2.19. The van der Waals surface area contributed by atoms with Crippen LogP contribution in [0.15, 0.2) is 42.0 Å². The highest BCUT2D eigenvalue weighted by Gasteiger charge is 2.29. The molecule has 0 spiro atoms. The van der Waals surface area contributed by atoms with Crippen LogP contribution in [0.2, 0.25) is 0 Å². The van der Waals surface area contributed by atoms with Crippen LogP contribution in [0, 0.1) is 5.92 Å². The number of unbranched alkanes of at least 4 members (excludes halogenated alkanes) is 4.